The van der Waals surface area contributed by atoms with Crippen LogP contribution in [0.15, 0.2) is 18.3 Å². The molecule has 0 aliphatic carbocycles. The largest absolute Gasteiger partial charge is 0.504 e. The van der Waals surface area contributed by atoms with E-state index >= 15 is 0 Å². The Morgan fingerprint density at radius 1 is 1.43 bits per heavy atom. The van der Waals surface area contributed by atoms with Gasteiger partial charge in [-0.05, 0) is 12.1 Å². The van der Waals surface area contributed by atoms with Gasteiger partial charge in [0.05, 0.1) is 10.9 Å². The minimum atomic E-state index is -0.898. The van der Waals surface area contributed by atoms with Gasteiger partial charge >= 0.3 is 0 Å². The fourth-order valence-corrected chi connectivity index (χ4v) is 2.11. The maximum absolute atomic E-state index is 13.7. The second-order valence-corrected chi connectivity index (χ2v) is 4.45. The number of nitrogens with two attached hydrogens (primary N) is 1. The predicted octanol–water partition coefficient (Wildman–Crippen LogP) is 1.27. The lowest BCUT2D eigenvalue weighted by Gasteiger charge is -2.03. The van der Waals surface area contributed by atoms with E-state index in [0.717, 1.165) is 6.07 Å². The van der Waals surface area contributed by atoms with Crippen LogP contribution in [0.5, 0.6) is 5.75 Å². The monoisotopic (exact) mass is 287 g/mol. The zero-order valence-electron chi connectivity index (χ0n) is 10.9. The Morgan fingerprint density at radius 3 is 2.90 bits per heavy atom. The highest BCUT2D eigenvalue weighted by Crippen LogP contribution is 2.31. The van der Waals surface area contributed by atoms with Crippen LogP contribution in [0, 0.1) is 5.82 Å². The summed E-state index contributed by atoms with van der Waals surface area (Å²) >= 11 is 0. The van der Waals surface area contributed by atoms with Gasteiger partial charge in [0.2, 0.25) is 5.95 Å². The van der Waals surface area contributed by atoms with E-state index in [2.05, 4.69) is 15.1 Å². The summed E-state index contributed by atoms with van der Waals surface area (Å²) < 4.78 is 15.2. The van der Waals surface area contributed by atoms with E-state index < -0.39 is 11.6 Å². The van der Waals surface area contributed by atoms with Crippen LogP contribution in [-0.2, 0) is 7.05 Å². The number of fused-ring (bicyclic) bond motifs is 1. The number of aryl methyl sites for hydroxylation is 1. The summed E-state index contributed by atoms with van der Waals surface area (Å²) in [5, 5.41) is 14.3. The highest BCUT2D eigenvalue weighted by molar-refractivity contribution is 5.93. The second kappa shape index (κ2) is 4.51. The third-order valence-corrected chi connectivity index (χ3v) is 3.09. The fraction of sp³-hybridized carbons (Fsp3) is 0.0769. The van der Waals surface area contributed by atoms with Crippen molar-refractivity contribution in [1.82, 2.24) is 19.7 Å². The number of aromatic nitrogens is 4. The van der Waals surface area contributed by atoms with Gasteiger partial charge in [-0.2, -0.15) is 10.1 Å². The molecule has 0 amide bonds. The molecule has 106 valence electrons. The van der Waals surface area contributed by atoms with Crippen LogP contribution in [-0.4, -0.2) is 31.1 Å². The van der Waals surface area contributed by atoms with Crippen LogP contribution < -0.4 is 5.73 Å². The third-order valence-electron chi connectivity index (χ3n) is 3.09. The molecule has 1 aromatic carbocycles. The number of halogens is 1. The van der Waals surface area contributed by atoms with Gasteiger partial charge in [-0.1, -0.05) is 0 Å². The van der Waals surface area contributed by atoms with Gasteiger partial charge in [0.15, 0.2) is 23.5 Å². The average Bonchev–Trinajstić information content (AvgIpc) is 2.78. The molecule has 0 atom stereocenters. The van der Waals surface area contributed by atoms with E-state index in [1.165, 1.54) is 16.9 Å². The number of nitrogens with zero attached hydrogens (tertiary/aromatic N) is 4. The van der Waals surface area contributed by atoms with E-state index in [0.29, 0.717) is 28.6 Å². The summed E-state index contributed by atoms with van der Waals surface area (Å²) in [6, 6.07) is 2.45. The first-order valence-corrected chi connectivity index (χ1v) is 5.94. The zero-order chi connectivity index (χ0) is 15.1. The quantitative estimate of drug-likeness (QED) is 0.687. The van der Waals surface area contributed by atoms with E-state index in [4.69, 9.17) is 5.73 Å². The standard InChI is InChI=1S/C13H10FN5O2/c1-19-12-8(4-16-13(15)17-12)10(18-19)6-2-7(5-20)11(21)9(14)3-6/h2-5,21H,1H3,(H2,15,16,17). The second-order valence-electron chi connectivity index (χ2n) is 4.45. The first-order valence-electron chi connectivity index (χ1n) is 5.94. The van der Waals surface area contributed by atoms with Gasteiger partial charge in [-0.15, -0.1) is 0 Å². The maximum atomic E-state index is 13.7. The van der Waals surface area contributed by atoms with E-state index in [1.807, 2.05) is 0 Å². The Bertz CT molecular complexity index is 875. The number of phenols is 1. The van der Waals surface area contributed by atoms with Crippen molar-refractivity contribution in [2.24, 2.45) is 7.05 Å². The number of carbonyl (C=O) groups is 1. The number of aromatic hydroxyl groups is 1. The molecule has 0 saturated carbocycles. The van der Waals surface area contributed by atoms with Crippen molar-refractivity contribution in [1.29, 1.82) is 0 Å². The lowest BCUT2D eigenvalue weighted by Crippen LogP contribution is -1.97. The molecule has 2 heterocycles. The molecule has 2 aromatic heterocycles. The number of hydrogen-bond donors (Lipinski definition) is 2. The Hall–Kier alpha value is -3.03. The number of carbonyl (C=O) groups excluding carboxylic acids is 1. The average molecular weight is 287 g/mol. The Labute approximate surface area is 117 Å². The van der Waals surface area contributed by atoms with Crippen LogP contribution in [0.1, 0.15) is 10.4 Å². The van der Waals surface area contributed by atoms with Crippen LogP contribution >= 0.6 is 0 Å². The number of rotatable bonds is 2. The van der Waals surface area contributed by atoms with Gasteiger partial charge in [0, 0.05) is 18.8 Å². The Balaban J connectivity index is 2.31. The normalized spacial score (nSPS) is 11.0. The molecule has 0 radical (unpaired) electrons. The van der Waals surface area contributed by atoms with E-state index in [1.54, 1.807) is 7.05 Å². The predicted molar refractivity (Wildman–Crippen MR) is 73.2 cm³/mol. The minimum Gasteiger partial charge on any atom is -0.504 e. The Kier molecular flexibility index (Phi) is 2.79. The van der Waals surface area contributed by atoms with Gasteiger partial charge in [-0.25, -0.2) is 14.1 Å². The van der Waals surface area contributed by atoms with Crippen molar-refractivity contribution in [2.45, 2.75) is 0 Å². The SMILES string of the molecule is Cn1nc(-c2cc(F)c(O)c(C=O)c2)c2cnc(N)nc21. The summed E-state index contributed by atoms with van der Waals surface area (Å²) in [7, 11) is 1.66. The maximum Gasteiger partial charge on any atom is 0.222 e. The number of phenolic OH excluding ortho intramolecular Hbond substituents is 1. The van der Waals surface area contributed by atoms with E-state index in [9.17, 15) is 14.3 Å². The number of anilines is 1. The number of nitrogen functional groups attached to an aromatic ring is 1. The summed E-state index contributed by atoms with van der Waals surface area (Å²) in [6.45, 7) is 0. The molecule has 0 aliphatic heterocycles. The van der Waals surface area contributed by atoms with Crippen molar-refractivity contribution in [2.75, 3.05) is 5.73 Å². The van der Waals surface area contributed by atoms with Crippen LogP contribution in [0.2, 0.25) is 0 Å². The summed E-state index contributed by atoms with van der Waals surface area (Å²) in [4.78, 5) is 18.8. The minimum absolute atomic E-state index is 0.0996. The first kappa shape index (κ1) is 13.0. The molecule has 0 bridgehead atoms. The third kappa shape index (κ3) is 1.97. The summed E-state index contributed by atoms with van der Waals surface area (Å²) in [5.74, 6) is -1.48. The smallest absolute Gasteiger partial charge is 0.222 e. The van der Waals surface area contributed by atoms with Crippen LogP contribution in [0.25, 0.3) is 22.3 Å². The van der Waals surface area contributed by atoms with Crippen molar-refractivity contribution in [3.05, 3.63) is 29.7 Å². The van der Waals surface area contributed by atoms with Crippen LogP contribution in [0.3, 0.4) is 0 Å². The van der Waals surface area contributed by atoms with Gasteiger partial charge < -0.3 is 10.8 Å². The zero-order valence-corrected chi connectivity index (χ0v) is 10.9. The molecule has 0 unspecified atom stereocenters. The van der Waals surface area contributed by atoms with E-state index in [-0.39, 0.29) is 11.5 Å². The summed E-state index contributed by atoms with van der Waals surface area (Å²) in [6.07, 6.45) is 1.85. The molecule has 3 aromatic rings. The molecule has 21 heavy (non-hydrogen) atoms. The molecule has 0 spiro atoms. The molecular formula is C13H10FN5O2. The van der Waals surface area contributed by atoms with Crippen molar-refractivity contribution >= 4 is 23.3 Å². The number of aldehydes is 1. The lowest BCUT2D eigenvalue weighted by atomic mass is 10.1. The molecule has 8 heteroatoms. The van der Waals surface area contributed by atoms with Crippen molar-refractivity contribution in [3.63, 3.8) is 0 Å². The number of benzene rings is 1. The van der Waals surface area contributed by atoms with Crippen molar-refractivity contribution < 1.29 is 14.3 Å². The van der Waals surface area contributed by atoms with Gasteiger partial charge in [0.25, 0.3) is 0 Å². The molecule has 0 fully saturated rings. The fourth-order valence-electron chi connectivity index (χ4n) is 2.11. The highest BCUT2D eigenvalue weighted by atomic mass is 19.1. The molecule has 7 nitrogen and oxygen atoms in total. The molecule has 3 rings (SSSR count). The molecular weight excluding hydrogens is 277 g/mol. The molecule has 3 N–H and O–H groups in total. The topological polar surface area (TPSA) is 107 Å². The Morgan fingerprint density at radius 2 is 2.19 bits per heavy atom. The highest BCUT2D eigenvalue weighted by Gasteiger charge is 2.16. The van der Waals surface area contributed by atoms with Gasteiger partial charge in [-0.3, -0.25) is 4.79 Å². The number of hydrogen-bond acceptors (Lipinski definition) is 6. The van der Waals surface area contributed by atoms with Gasteiger partial charge in [0.1, 0.15) is 5.69 Å². The lowest BCUT2D eigenvalue weighted by molar-refractivity contribution is 0.112. The van der Waals surface area contributed by atoms with Crippen LogP contribution in [0.4, 0.5) is 10.3 Å². The summed E-state index contributed by atoms with van der Waals surface area (Å²) in [5.41, 5.74) is 6.60. The molecule has 0 saturated heterocycles. The van der Waals surface area contributed by atoms with Crippen molar-refractivity contribution in [3.8, 4) is 17.0 Å². The first-order chi connectivity index (χ1) is 10.0. The molecule has 0 aliphatic rings.